The van der Waals surface area contributed by atoms with Crippen LogP contribution in [0.4, 0.5) is 0 Å². The summed E-state index contributed by atoms with van der Waals surface area (Å²) < 4.78 is 7.47. The Hall–Kier alpha value is -2.31. The molecule has 2 heterocycles. The Morgan fingerprint density at radius 3 is 2.92 bits per heavy atom. The normalized spacial score (nSPS) is 12.1. The van der Waals surface area contributed by atoms with Gasteiger partial charge in [0.15, 0.2) is 11.8 Å². The fraction of sp³-hybridized carbons (Fsp3) is 0.235. The average Bonchev–Trinajstić information content (AvgIpc) is 3.00. The standard InChI is InChI=1S/C17H16Cl2N4O2/c1-11(25-14-6-5-12(18)10-13(14)19)17(24)20-8-7-16-22-21-15-4-2-3-9-23(15)16/h2-6,9-11H,7-8H2,1H3,(H,20,24)/t11-/m0/s1. The number of fused-ring (bicyclic) bond motifs is 1. The number of amides is 1. The molecule has 1 atom stereocenters. The smallest absolute Gasteiger partial charge is 0.260 e. The fourth-order valence-electron chi connectivity index (χ4n) is 2.32. The molecule has 0 aliphatic rings. The zero-order valence-electron chi connectivity index (χ0n) is 13.4. The maximum absolute atomic E-state index is 12.2. The molecule has 1 amide bonds. The zero-order chi connectivity index (χ0) is 17.8. The van der Waals surface area contributed by atoms with Gasteiger partial charge in [0.25, 0.3) is 5.91 Å². The van der Waals surface area contributed by atoms with E-state index in [1.807, 2.05) is 28.8 Å². The van der Waals surface area contributed by atoms with Crippen molar-refractivity contribution in [2.75, 3.05) is 6.54 Å². The lowest BCUT2D eigenvalue weighted by Crippen LogP contribution is -2.37. The number of carbonyl (C=O) groups is 1. The van der Waals surface area contributed by atoms with E-state index in [1.54, 1.807) is 25.1 Å². The van der Waals surface area contributed by atoms with Gasteiger partial charge in [-0.2, -0.15) is 0 Å². The van der Waals surface area contributed by atoms with E-state index >= 15 is 0 Å². The summed E-state index contributed by atoms with van der Waals surface area (Å²) in [6.45, 7) is 2.09. The second kappa shape index (κ2) is 7.72. The molecule has 0 aliphatic carbocycles. The molecule has 1 N–H and O–H groups in total. The lowest BCUT2D eigenvalue weighted by atomic mass is 10.3. The summed E-state index contributed by atoms with van der Waals surface area (Å²) >= 11 is 11.9. The van der Waals surface area contributed by atoms with Crippen LogP contribution in [0.15, 0.2) is 42.6 Å². The lowest BCUT2D eigenvalue weighted by molar-refractivity contribution is -0.127. The molecule has 3 rings (SSSR count). The molecule has 0 radical (unpaired) electrons. The highest BCUT2D eigenvalue weighted by molar-refractivity contribution is 6.35. The van der Waals surface area contributed by atoms with E-state index in [0.29, 0.717) is 28.8 Å². The summed E-state index contributed by atoms with van der Waals surface area (Å²) in [4.78, 5) is 12.2. The maximum Gasteiger partial charge on any atom is 0.260 e. The molecule has 130 valence electrons. The molecular weight excluding hydrogens is 363 g/mol. The highest BCUT2D eigenvalue weighted by Gasteiger charge is 2.16. The minimum atomic E-state index is -0.686. The maximum atomic E-state index is 12.2. The fourth-order valence-corrected chi connectivity index (χ4v) is 2.77. The van der Waals surface area contributed by atoms with Gasteiger partial charge in [0.2, 0.25) is 0 Å². The summed E-state index contributed by atoms with van der Waals surface area (Å²) in [6, 6.07) is 10.5. The molecule has 8 heteroatoms. The van der Waals surface area contributed by atoms with Crippen molar-refractivity contribution < 1.29 is 9.53 Å². The molecule has 0 fully saturated rings. The zero-order valence-corrected chi connectivity index (χ0v) is 15.0. The summed E-state index contributed by atoms with van der Waals surface area (Å²) in [6.07, 6.45) is 1.76. The van der Waals surface area contributed by atoms with Crippen LogP contribution in [-0.4, -0.2) is 33.2 Å². The van der Waals surface area contributed by atoms with Crippen LogP contribution in [0.5, 0.6) is 5.75 Å². The molecule has 0 spiro atoms. The van der Waals surface area contributed by atoms with Crippen molar-refractivity contribution in [3.05, 3.63) is 58.5 Å². The Labute approximate surface area is 154 Å². The van der Waals surface area contributed by atoms with Crippen LogP contribution in [0.25, 0.3) is 5.65 Å². The van der Waals surface area contributed by atoms with Crippen LogP contribution >= 0.6 is 23.2 Å². The Morgan fingerprint density at radius 2 is 2.12 bits per heavy atom. The number of hydrogen-bond acceptors (Lipinski definition) is 4. The van der Waals surface area contributed by atoms with Gasteiger partial charge < -0.3 is 10.1 Å². The first-order chi connectivity index (χ1) is 12.0. The second-order valence-electron chi connectivity index (χ2n) is 5.42. The van der Waals surface area contributed by atoms with Crippen molar-refractivity contribution in [3.8, 4) is 5.75 Å². The monoisotopic (exact) mass is 378 g/mol. The van der Waals surface area contributed by atoms with Gasteiger partial charge in [-0.25, -0.2) is 0 Å². The third kappa shape index (κ3) is 4.21. The van der Waals surface area contributed by atoms with E-state index < -0.39 is 6.10 Å². The molecule has 0 unspecified atom stereocenters. The minimum Gasteiger partial charge on any atom is -0.479 e. The van der Waals surface area contributed by atoms with Crippen LogP contribution < -0.4 is 10.1 Å². The first kappa shape index (κ1) is 17.5. The van der Waals surface area contributed by atoms with Crippen LogP contribution in [0.1, 0.15) is 12.7 Å². The number of halogens is 2. The molecular formula is C17H16Cl2N4O2. The van der Waals surface area contributed by atoms with Gasteiger partial charge in [0, 0.05) is 24.2 Å². The number of nitrogens with zero attached hydrogens (tertiary/aromatic N) is 3. The Bertz CT molecular complexity index is 897. The van der Waals surface area contributed by atoms with Crippen LogP contribution in [0.2, 0.25) is 10.0 Å². The number of pyridine rings is 1. The number of benzene rings is 1. The number of hydrogen-bond donors (Lipinski definition) is 1. The topological polar surface area (TPSA) is 68.5 Å². The number of nitrogens with one attached hydrogen (secondary N) is 1. The molecule has 0 aliphatic heterocycles. The van der Waals surface area contributed by atoms with Gasteiger partial charge >= 0.3 is 0 Å². The summed E-state index contributed by atoms with van der Waals surface area (Å²) in [7, 11) is 0. The van der Waals surface area contributed by atoms with Crippen molar-refractivity contribution >= 4 is 34.8 Å². The van der Waals surface area contributed by atoms with Gasteiger partial charge in [-0.1, -0.05) is 29.3 Å². The van der Waals surface area contributed by atoms with Gasteiger partial charge in [0.1, 0.15) is 11.6 Å². The van der Waals surface area contributed by atoms with Crippen molar-refractivity contribution in [1.29, 1.82) is 0 Å². The quantitative estimate of drug-likeness (QED) is 0.715. The Morgan fingerprint density at radius 1 is 1.28 bits per heavy atom. The predicted octanol–water partition coefficient (Wildman–Crippen LogP) is 3.16. The van der Waals surface area contributed by atoms with E-state index in [-0.39, 0.29) is 5.91 Å². The van der Waals surface area contributed by atoms with Crippen LogP contribution in [0.3, 0.4) is 0 Å². The van der Waals surface area contributed by atoms with Crippen molar-refractivity contribution in [2.24, 2.45) is 0 Å². The van der Waals surface area contributed by atoms with Gasteiger partial charge in [-0.15, -0.1) is 10.2 Å². The summed E-state index contributed by atoms with van der Waals surface area (Å²) in [5.74, 6) is 0.960. The van der Waals surface area contributed by atoms with Gasteiger partial charge in [-0.05, 0) is 37.3 Å². The van der Waals surface area contributed by atoms with Crippen molar-refractivity contribution in [2.45, 2.75) is 19.4 Å². The summed E-state index contributed by atoms with van der Waals surface area (Å²) in [5.41, 5.74) is 0.776. The molecule has 0 saturated heterocycles. The highest BCUT2D eigenvalue weighted by atomic mass is 35.5. The van der Waals surface area contributed by atoms with E-state index in [4.69, 9.17) is 27.9 Å². The lowest BCUT2D eigenvalue weighted by Gasteiger charge is -2.15. The number of carbonyl (C=O) groups excluding carboxylic acids is 1. The highest BCUT2D eigenvalue weighted by Crippen LogP contribution is 2.28. The van der Waals surface area contributed by atoms with Crippen LogP contribution in [0, 0.1) is 0 Å². The SMILES string of the molecule is C[C@H](Oc1ccc(Cl)cc1Cl)C(=O)NCCc1nnc2ccccn12. The third-order valence-electron chi connectivity index (χ3n) is 3.60. The van der Waals surface area contributed by atoms with Gasteiger partial charge in [-0.3, -0.25) is 9.20 Å². The van der Waals surface area contributed by atoms with E-state index in [9.17, 15) is 4.79 Å². The Kier molecular flexibility index (Phi) is 5.40. The summed E-state index contributed by atoms with van der Waals surface area (Å²) in [5, 5.41) is 11.9. The average molecular weight is 379 g/mol. The third-order valence-corrected chi connectivity index (χ3v) is 4.13. The van der Waals surface area contributed by atoms with Crippen molar-refractivity contribution in [1.82, 2.24) is 19.9 Å². The predicted molar refractivity (Wildman–Crippen MR) is 96.3 cm³/mol. The number of rotatable bonds is 6. The molecule has 25 heavy (non-hydrogen) atoms. The molecule has 2 aromatic heterocycles. The molecule has 6 nitrogen and oxygen atoms in total. The second-order valence-corrected chi connectivity index (χ2v) is 6.26. The van der Waals surface area contributed by atoms with E-state index in [2.05, 4.69) is 15.5 Å². The molecule has 0 bridgehead atoms. The molecule has 0 saturated carbocycles. The largest absolute Gasteiger partial charge is 0.479 e. The van der Waals surface area contributed by atoms with Gasteiger partial charge in [0.05, 0.1) is 5.02 Å². The van der Waals surface area contributed by atoms with E-state index in [1.165, 1.54) is 0 Å². The van der Waals surface area contributed by atoms with Crippen molar-refractivity contribution in [3.63, 3.8) is 0 Å². The van der Waals surface area contributed by atoms with E-state index in [0.717, 1.165) is 11.5 Å². The first-order valence-electron chi connectivity index (χ1n) is 7.72. The number of aromatic nitrogens is 3. The molecule has 1 aromatic carbocycles. The minimum absolute atomic E-state index is 0.236. The first-order valence-corrected chi connectivity index (χ1v) is 8.48. The Balaban J connectivity index is 1.53. The number of ether oxygens (including phenoxy) is 1. The van der Waals surface area contributed by atoms with Crippen LogP contribution in [-0.2, 0) is 11.2 Å². The molecule has 3 aromatic rings.